The standard InChI is InChI=1S/C30H32ClN5O3/c1-19-5-6-21(17-24(19)33-18-37)25-26-23(31)11-12-32-28(26)34-27(25)20-7-9-22(10-8-20)35-13-15-36(16-14-35)29(38)39-30(2,3)4/h5-12,17-18H,13-16H2,1-4H3,(H,32,34)(H,33,37). The zero-order valence-electron chi connectivity index (χ0n) is 22.5. The maximum Gasteiger partial charge on any atom is 0.410 e. The van der Waals surface area contributed by atoms with Crippen LogP contribution in [-0.2, 0) is 9.53 Å². The lowest BCUT2D eigenvalue weighted by molar-refractivity contribution is -0.105. The first-order chi connectivity index (χ1) is 18.6. The highest BCUT2D eigenvalue weighted by Gasteiger charge is 2.26. The summed E-state index contributed by atoms with van der Waals surface area (Å²) in [5.41, 5.74) is 6.71. The molecule has 8 nitrogen and oxygen atoms in total. The summed E-state index contributed by atoms with van der Waals surface area (Å²) < 4.78 is 5.52. The molecule has 0 aliphatic carbocycles. The van der Waals surface area contributed by atoms with E-state index in [9.17, 15) is 9.59 Å². The van der Waals surface area contributed by atoms with Crippen LogP contribution in [0.1, 0.15) is 26.3 Å². The van der Waals surface area contributed by atoms with Gasteiger partial charge in [-0.15, -0.1) is 0 Å². The molecule has 0 atom stereocenters. The lowest BCUT2D eigenvalue weighted by Crippen LogP contribution is -2.50. The maximum absolute atomic E-state index is 12.4. The number of H-pyrrole nitrogens is 1. The number of ether oxygens (including phenoxy) is 1. The molecule has 5 rings (SSSR count). The Hall–Kier alpha value is -4.04. The van der Waals surface area contributed by atoms with E-state index in [2.05, 4.69) is 44.5 Å². The SMILES string of the molecule is Cc1ccc(-c2c(-c3ccc(N4CCN(C(=O)OC(C)(C)C)CC4)cc3)[nH]c3nccc(Cl)c23)cc1NC=O. The molecule has 1 saturated heterocycles. The minimum atomic E-state index is -0.504. The third-order valence-corrected chi connectivity index (χ3v) is 7.15. The third-order valence-electron chi connectivity index (χ3n) is 6.84. The number of anilines is 2. The van der Waals surface area contributed by atoms with Crippen LogP contribution in [-0.4, -0.2) is 59.2 Å². The fourth-order valence-corrected chi connectivity index (χ4v) is 5.13. The first kappa shape index (κ1) is 26.6. The molecule has 0 radical (unpaired) electrons. The summed E-state index contributed by atoms with van der Waals surface area (Å²) in [5.74, 6) is 0. The van der Waals surface area contributed by atoms with Gasteiger partial charge < -0.3 is 24.8 Å². The molecular formula is C30H32ClN5O3. The number of benzene rings is 2. The molecule has 39 heavy (non-hydrogen) atoms. The molecule has 0 spiro atoms. The summed E-state index contributed by atoms with van der Waals surface area (Å²) in [5, 5.41) is 4.22. The Morgan fingerprint density at radius 3 is 2.41 bits per heavy atom. The van der Waals surface area contributed by atoms with E-state index in [-0.39, 0.29) is 6.09 Å². The van der Waals surface area contributed by atoms with Crippen molar-refractivity contribution >= 4 is 46.5 Å². The van der Waals surface area contributed by atoms with E-state index in [0.717, 1.165) is 57.8 Å². The van der Waals surface area contributed by atoms with Crippen LogP contribution >= 0.6 is 11.6 Å². The van der Waals surface area contributed by atoms with Crippen molar-refractivity contribution in [2.24, 2.45) is 0 Å². The summed E-state index contributed by atoms with van der Waals surface area (Å²) in [7, 11) is 0. The van der Waals surface area contributed by atoms with Crippen LogP contribution in [0.2, 0.25) is 5.02 Å². The second kappa shape index (κ2) is 10.6. The molecule has 2 N–H and O–H groups in total. The lowest BCUT2D eigenvalue weighted by Gasteiger charge is -2.36. The normalized spacial score (nSPS) is 14.0. The second-order valence-corrected chi connectivity index (χ2v) is 11.1. The summed E-state index contributed by atoms with van der Waals surface area (Å²) in [4.78, 5) is 35.6. The predicted octanol–water partition coefficient (Wildman–Crippen LogP) is 6.48. The number of carbonyl (C=O) groups is 2. The van der Waals surface area contributed by atoms with Crippen molar-refractivity contribution in [1.29, 1.82) is 0 Å². The molecule has 3 heterocycles. The first-order valence-electron chi connectivity index (χ1n) is 13.0. The van der Waals surface area contributed by atoms with E-state index in [1.807, 2.05) is 45.9 Å². The molecule has 0 unspecified atom stereocenters. The molecule has 202 valence electrons. The maximum atomic E-state index is 12.4. The molecule has 2 aromatic heterocycles. The number of aromatic nitrogens is 2. The number of rotatable bonds is 5. The number of hydrogen-bond acceptors (Lipinski definition) is 5. The zero-order valence-corrected chi connectivity index (χ0v) is 23.3. The highest BCUT2D eigenvalue weighted by Crippen LogP contribution is 2.42. The lowest BCUT2D eigenvalue weighted by atomic mass is 9.97. The predicted molar refractivity (Wildman–Crippen MR) is 156 cm³/mol. The van der Waals surface area contributed by atoms with Crippen molar-refractivity contribution in [2.45, 2.75) is 33.3 Å². The van der Waals surface area contributed by atoms with Crippen LogP contribution in [0.25, 0.3) is 33.4 Å². The van der Waals surface area contributed by atoms with E-state index >= 15 is 0 Å². The number of nitrogens with zero attached hydrogens (tertiary/aromatic N) is 3. The van der Waals surface area contributed by atoms with Gasteiger partial charge in [0.15, 0.2) is 0 Å². The Morgan fingerprint density at radius 1 is 1.05 bits per heavy atom. The van der Waals surface area contributed by atoms with Gasteiger partial charge in [-0.25, -0.2) is 9.78 Å². The van der Waals surface area contributed by atoms with Crippen LogP contribution < -0.4 is 10.2 Å². The van der Waals surface area contributed by atoms with E-state index in [4.69, 9.17) is 16.3 Å². The van der Waals surface area contributed by atoms with Gasteiger partial charge in [0, 0.05) is 54.7 Å². The van der Waals surface area contributed by atoms with Gasteiger partial charge in [-0.1, -0.05) is 35.9 Å². The van der Waals surface area contributed by atoms with Crippen molar-refractivity contribution in [2.75, 3.05) is 36.4 Å². The number of nitrogens with one attached hydrogen (secondary N) is 2. The van der Waals surface area contributed by atoms with Crippen molar-refractivity contribution in [3.05, 3.63) is 65.3 Å². The molecule has 9 heteroatoms. The van der Waals surface area contributed by atoms with Gasteiger partial charge in [0.2, 0.25) is 6.41 Å². The van der Waals surface area contributed by atoms with Crippen LogP contribution in [0.15, 0.2) is 54.7 Å². The summed E-state index contributed by atoms with van der Waals surface area (Å²) in [6.45, 7) is 10.3. The molecule has 1 fully saturated rings. The Labute approximate surface area is 232 Å². The van der Waals surface area contributed by atoms with Crippen LogP contribution in [0.5, 0.6) is 0 Å². The molecular weight excluding hydrogens is 514 g/mol. The number of aryl methyl sites for hydroxylation is 1. The Kier molecular flexibility index (Phi) is 7.23. The van der Waals surface area contributed by atoms with E-state index in [1.165, 1.54) is 0 Å². The summed E-state index contributed by atoms with van der Waals surface area (Å²) in [6.07, 6.45) is 2.10. The topological polar surface area (TPSA) is 90.6 Å². The van der Waals surface area contributed by atoms with Gasteiger partial charge in [-0.2, -0.15) is 0 Å². The molecule has 4 aromatic rings. The van der Waals surface area contributed by atoms with Crippen molar-refractivity contribution < 1.29 is 14.3 Å². The third kappa shape index (κ3) is 5.56. The van der Waals surface area contributed by atoms with Gasteiger partial charge in [-0.05, 0) is 68.7 Å². The Balaban J connectivity index is 1.44. The molecule has 0 saturated carbocycles. The van der Waals surface area contributed by atoms with Crippen LogP contribution in [0.3, 0.4) is 0 Å². The largest absolute Gasteiger partial charge is 0.444 e. The number of amides is 2. The van der Waals surface area contributed by atoms with E-state index in [1.54, 1.807) is 17.2 Å². The number of pyridine rings is 1. The number of fused-ring (bicyclic) bond motifs is 1. The molecule has 1 aliphatic heterocycles. The molecule has 2 aromatic carbocycles. The van der Waals surface area contributed by atoms with Gasteiger partial charge in [-0.3, -0.25) is 4.79 Å². The van der Waals surface area contributed by atoms with Crippen molar-refractivity contribution in [3.63, 3.8) is 0 Å². The van der Waals surface area contributed by atoms with Crippen LogP contribution in [0, 0.1) is 6.92 Å². The minimum absolute atomic E-state index is 0.265. The highest BCUT2D eigenvalue weighted by atomic mass is 35.5. The number of piperazine rings is 1. The molecule has 0 bridgehead atoms. The summed E-state index contributed by atoms with van der Waals surface area (Å²) in [6, 6.07) is 16.1. The molecule has 2 amide bonds. The van der Waals surface area contributed by atoms with Gasteiger partial charge >= 0.3 is 6.09 Å². The Bertz CT molecular complexity index is 1520. The highest BCUT2D eigenvalue weighted by molar-refractivity contribution is 6.36. The van der Waals surface area contributed by atoms with Crippen molar-refractivity contribution in [1.82, 2.24) is 14.9 Å². The van der Waals surface area contributed by atoms with E-state index in [0.29, 0.717) is 30.2 Å². The fraction of sp³-hybridized carbons (Fsp3) is 0.300. The number of aromatic amines is 1. The van der Waals surface area contributed by atoms with Gasteiger partial charge in [0.1, 0.15) is 11.2 Å². The smallest absolute Gasteiger partial charge is 0.410 e. The average molecular weight is 546 g/mol. The average Bonchev–Trinajstić information content (AvgIpc) is 3.30. The first-order valence-corrected chi connectivity index (χ1v) is 13.3. The number of carbonyl (C=O) groups excluding carboxylic acids is 2. The quantitative estimate of drug-likeness (QED) is 0.280. The van der Waals surface area contributed by atoms with E-state index < -0.39 is 5.60 Å². The zero-order chi connectivity index (χ0) is 27.7. The van der Waals surface area contributed by atoms with Gasteiger partial charge in [0.05, 0.1) is 10.7 Å². The van der Waals surface area contributed by atoms with Crippen molar-refractivity contribution in [3.8, 4) is 22.4 Å². The number of halogens is 1. The summed E-state index contributed by atoms with van der Waals surface area (Å²) >= 11 is 6.67. The van der Waals surface area contributed by atoms with Crippen LogP contribution in [0.4, 0.5) is 16.2 Å². The molecule has 1 aliphatic rings. The number of hydrogen-bond donors (Lipinski definition) is 2. The minimum Gasteiger partial charge on any atom is -0.444 e. The monoisotopic (exact) mass is 545 g/mol. The second-order valence-electron chi connectivity index (χ2n) is 10.7. The Morgan fingerprint density at radius 2 is 1.74 bits per heavy atom. The van der Waals surface area contributed by atoms with Gasteiger partial charge in [0.25, 0.3) is 0 Å². The fourth-order valence-electron chi connectivity index (χ4n) is 4.89.